The summed E-state index contributed by atoms with van der Waals surface area (Å²) in [6, 6.07) is 6.01. The average molecular weight is 439 g/mol. The van der Waals surface area contributed by atoms with Crippen molar-refractivity contribution < 1.29 is 9.50 Å². The van der Waals surface area contributed by atoms with Crippen molar-refractivity contribution >= 4 is 41.7 Å². The van der Waals surface area contributed by atoms with Crippen LogP contribution in [0, 0.1) is 5.82 Å². The van der Waals surface area contributed by atoms with Crippen LogP contribution in [0.2, 0.25) is 0 Å². The fourth-order valence-electron chi connectivity index (χ4n) is 2.26. The van der Waals surface area contributed by atoms with Crippen LogP contribution in [-0.2, 0) is 0 Å². The van der Waals surface area contributed by atoms with E-state index in [0.29, 0.717) is 23.3 Å². The van der Waals surface area contributed by atoms with Crippen molar-refractivity contribution in [3.8, 4) is 0 Å². The minimum absolute atomic E-state index is 0. The highest BCUT2D eigenvalue weighted by molar-refractivity contribution is 14.0. The van der Waals surface area contributed by atoms with Gasteiger partial charge in [0.1, 0.15) is 5.82 Å². The van der Waals surface area contributed by atoms with E-state index >= 15 is 0 Å². The normalized spacial score (nSPS) is 19.4. The third-order valence-corrected chi connectivity index (χ3v) is 4.84. The van der Waals surface area contributed by atoms with E-state index in [2.05, 4.69) is 15.6 Å². The molecule has 1 aromatic carbocycles. The second kappa shape index (κ2) is 10.3. The van der Waals surface area contributed by atoms with Crippen LogP contribution in [0.25, 0.3) is 0 Å². The number of thioether (sulfide) groups is 1. The Balaban J connectivity index is 0.00000242. The third-order valence-electron chi connectivity index (χ3n) is 3.44. The van der Waals surface area contributed by atoms with Gasteiger partial charge in [0.05, 0.1) is 6.10 Å². The number of halogens is 2. The van der Waals surface area contributed by atoms with Crippen LogP contribution in [0.4, 0.5) is 4.39 Å². The van der Waals surface area contributed by atoms with Gasteiger partial charge in [-0.25, -0.2) is 4.39 Å². The van der Waals surface area contributed by atoms with E-state index in [9.17, 15) is 9.50 Å². The monoisotopic (exact) mass is 439 g/mol. The zero-order valence-corrected chi connectivity index (χ0v) is 15.7. The van der Waals surface area contributed by atoms with Gasteiger partial charge in [-0.3, -0.25) is 4.99 Å². The Kier molecular flexibility index (Phi) is 9.11. The highest BCUT2D eigenvalue weighted by Crippen LogP contribution is 2.25. The number of benzene rings is 1. The number of guanidine groups is 1. The first-order chi connectivity index (χ1) is 10.2. The van der Waals surface area contributed by atoms with Gasteiger partial charge in [0.25, 0.3) is 0 Å². The number of aliphatic imine (C=N–C) groups is 1. The second-order valence-electron chi connectivity index (χ2n) is 5.04. The minimum atomic E-state index is -0.764. The summed E-state index contributed by atoms with van der Waals surface area (Å²) in [5, 5.41) is 17.0. The Morgan fingerprint density at radius 1 is 1.50 bits per heavy atom. The van der Waals surface area contributed by atoms with E-state index < -0.39 is 6.10 Å². The van der Waals surface area contributed by atoms with Gasteiger partial charge in [-0.2, -0.15) is 11.8 Å². The lowest BCUT2D eigenvalue weighted by Gasteiger charge is -2.17. The molecular formula is C15H23FIN3OS. The molecule has 1 aliphatic heterocycles. The fraction of sp³-hybridized carbons (Fsp3) is 0.533. The summed E-state index contributed by atoms with van der Waals surface area (Å²) in [5.74, 6) is 1.56. The molecule has 1 aliphatic rings. The molecule has 0 radical (unpaired) electrons. The molecule has 2 rings (SSSR count). The number of aliphatic hydroxyl groups excluding tert-OH is 1. The summed E-state index contributed by atoms with van der Waals surface area (Å²) >= 11 is 1.98. The van der Waals surface area contributed by atoms with Crippen molar-refractivity contribution in [1.29, 1.82) is 0 Å². The molecule has 0 saturated carbocycles. The van der Waals surface area contributed by atoms with Gasteiger partial charge in [0.2, 0.25) is 0 Å². The SMILES string of the molecule is CN=C(NCC1CCCS1)NCC(O)c1cccc(F)c1.I. The molecule has 124 valence electrons. The molecular weight excluding hydrogens is 416 g/mol. The molecule has 0 aliphatic carbocycles. The van der Waals surface area contributed by atoms with Crippen LogP contribution in [-0.4, -0.2) is 42.2 Å². The zero-order valence-electron chi connectivity index (χ0n) is 12.6. The molecule has 4 nitrogen and oxygen atoms in total. The van der Waals surface area contributed by atoms with Crippen LogP contribution in [0.1, 0.15) is 24.5 Å². The van der Waals surface area contributed by atoms with Gasteiger partial charge >= 0.3 is 0 Å². The Morgan fingerprint density at radius 2 is 2.32 bits per heavy atom. The summed E-state index contributed by atoms with van der Waals surface area (Å²) in [6.07, 6.45) is 1.75. The number of nitrogens with one attached hydrogen (secondary N) is 2. The largest absolute Gasteiger partial charge is 0.387 e. The summed E-state index contributed by atoms with van der Waals surface area (Å²) < 4.78 is 13.1. The number of hydrogen-bond acceptors (Lipinski definition) is 3. The lowest BCUT2D eigenvalue weighted by molar-refractivity contribution is 0.180. The Bertz CT molecular complexity index is 484. The maximum Gasteiger partial charge on any atom is 0.191 e. The zero-order chi connectivity index (χ0) is 15.1. The molecule has 0 spiro atoms. The lowest BCUT2D eigenvalue weighted by atomic mass is 10.1. The number of rotatable bonds is 5. The number of nitrogens with zero attached hydrogens (tertiary/aromatic N) is 1. The molecule has 3 N–H and O–H groups in total. The smallest absolute Gasteiger partial charge is 0.191 e. The molecule has 2 unspecified atom stereocenters. The van der Waals surface area contributed by atoms with Crippen molar-refractivity contribution in [3.05, 3.63) is 35.6 Å². The topological polar surface area (TPSA) is 56.7 Å². The number of aliphatic hydroxyl groups is 1. The van der Waals surface area contributed by atoms with Crippen molar-refractivity contribution in [3.63, 3.8) is 0 Å². The van der Waals surface area contributed by atoms with Gasteiger partial charge < -0.3 is 15.7 Å². The molecule has 1 heterocycles. The summed E-state index contributed by atoms with van der Waals surface area (Å²) in [6.45, 7) is 1.17. The standard InChI is InChI=1S/C15H22FN3OS.HI/c1-17-15(18-9-13-6-3-7-21-13)19-10-14(20)11-4-2-5-12(16)8-11;/h2,4-5,8,13-14,20H,3,6-7,9-10H2,1H3,(H2,17,18,19);1H. The van der Waals surface area contributed by atoms with Gasteiger partial charge in [-0.1, -0.05) is 12.1 Å². The minimum Gasteiger partial charge on any atom is -0.387 e. The van der Waals surface area contributed by atoms with E-state index in [1.54, 1.807) is 19.2 Å². The molecule has 1 aromatic rings. The van der Waals surface area contributed by atoms with Crippen LogP contribution in [0.15, 0.2) is 29.3 Å². The van der Waals surface area contributed by atoms with E-state index in [4.69, 9.17) is 0 Å². The summed E-state index contributed by atoms with van der Waals surface area (Å²) in [5.41, 5.74) is 0.560. The van der Waals surface area contributed by atoms with Crippen molar-refractivity contribution in [2.45, 2.75) is 24.2 Å². The second-order valence-corrected chi connectivity index (χ2v) is 6.45. The maximum absolute atomic E-state index is 13.1. The lowest BCUT2D eigenvalue weighted by Crippen LogP contribution is -2.41. The highest BCUT2D eigenvalue weighted by atomic mass is 127. The Hall–Kier alpha value is -0.540. The maximum atomic E-state index is 13.1. The van der Waals surface area contributed by atoms with E-state index in [1.165, 1.54) is 30.7 Å². The van der Waals surface area contributed by atoms with Gasteiger partial charge in [-0.05, 0) is 36.3 Å². The molecule has 1 fully saturated rings. The first-order valence-electron chi connectivity index (χ1n) is 7.18. The predicted molar refractivity (Wildman–Crippen MR) is 102 cm³/mol. The van der Waals surface area contributed by atoms with E-state index in [-0.39, 0.29) is 29.8 Å². The quantitative estimate of drug-likeness (QED) is 0.375. The van der Waals surface area contributed by atoms with Gasteiger partial charge in [-0.15, -0.1) is 24.0 Å². The van der Waals surface area contributed by atoms with E-state index in [0.717, 1.165) is 6.54 Å². The molecule has 22 heavy (non-hydrogen) atoms. The fourth-order valence-corrected chi connectivity index (χ4v) is 3.46. The molecule has 0 bridgehead atoms. The molecule has 0 aromatic heterocycles. The Labute approximate surface area is 152 Å². The van der Waals surface area contributed by atoms with E-state index in [1.807, 2.05) is 11.8 Å². The van der Waals surface area contributed by atoms with Crippen molar-refractivity contribution in [1.82, 2.24) is 10.6 Å². The molecule has 7 heteroatoms. The van der Waals surface area contributed by atoms with Crippen LogP contribution >= 0.6 is 35.7 Å². The van der Waals surface area contributed by atoms with Gasteiger partial charge in [0.15, 0.2) is 5.96 Å². The highest BCUT2D eigenvalue weighted by Gasteiger charge is 2.16. The summed E-state index contributed by atoms with van der Waals surface area (Å²) in [7, 11) is 1.70. The molecule has 0 amide bonds. The van der Waals surface area contributed by atoms with Crippen molar-refractivity contribution in [2.24, 2.45) is 4.99 Å². The van der Waals surface area contributed by atoms with Crippen molar-refractivity contribution in [2.75, 3.05) is 25.9 Å². The average Bonchev–Trinajstić information content (AvgIpc) is 3.00. The van der Waals surface area contributed by atoms with Crippen LogP contribution < -0.4 is 10.6 Å². The predicted octanol–water partition coefficient (Wildman–Crippen LogP) is 2.54. The first kappa shape index (κ1) is 19.5. The molecule has 1 saturated heterocycles. The van der Waals surface area contributed by atoms with Gasteiger partial charge in [0, 0.05) is 25.4 Å². The molecule has 2 atom stereocenters. The first-order valence-corrected chi connectivity index (χ1v) is 8.23. The number of hydrogen-bond donors (Lipinski definition) is 3. The third kappa shape index (κ3) is 6.29. The summed E-state index contributed by atoms with van der Waals surface area (Å²) in [4.78, 5) is 4.13. The van der Waals surface area contributed by atoms with Crippen LogP contribution in [0.5, 0.6) is 0 Å². The Morgan fingerprint density at radius 3 is 2.95 bits per heavy atom. The van der Waals surface area contributed by atoms with Crippen LogP contribution in [0.3, 0.4) is 0 Å².